The molecule has 0 saturated carbocycles. The van der Waals surface area contributed by atoms with E-state index < -0.39 is 18.0 Å². The van der Waals surface area contributed by atoms with Crippen molar-refractivity contribution in [1.82, 2.24) is 0 Å². The van der Waals surface area contributed by atoms with Gasteiger partial charge in [-0.25, -0.2) is 0 Å². The van der Waals surface area contributed by atoms with Crippen molar-refractivity contribution in [2.45, 2.75) is 31.9 Å². The van der Waals surface area contributed by atoms with Crippen LogP contribution in [0.25, 0.3) is 0 Å². The first-order valence-corrected chi connectivity index (χ1v) is 4.44. The molecule has 5 heteroatoms. The van der Waals surface area contributed by atoms with E-state index in [9.17, 15) is 22.0 Å². The molecule has 0 aromatic carbocycles. The number of hydrogen-bond donors (Lipinski definition) is 0. The summed E-state index contributed by atoms with van der Waals surface area (Å²) in [6.07, 6.45) is -4.45. The highest BCUT2D eigenvalue weighted by atomic mass is 19.4. The van der Waals surface area contributed by atoms with Gasteiger partial charge < -0.3 is 0 Å². The Morgan fingerprint density at radius 2 is 1.73 bits per heavy atom. The van der Waals surface area contributed by atoms with Gasteiger partial charge in [-0.1, -0.05) is 23.8 Å². The van der Waals surface area contributed by atoms with Gasteiger partial charge in [0, 0.05) is 5.92 Å². The minimum absolute atomic E-state index is 0.231. The highest BCUT2D eigenvalue weighted by Gasteiger charge is 2.61. The number of halogens is 5. The molecule has 0 fully saturated rings. The number of alkyl halides is 5. The Labute approximate surface area is 84.5 Å². The van der Waals surface area contributed by atoms with Gasteiger partial charge in [0.1, 0.15) is 0 Å². The molecule has 0 heterocycles. The van der Waals surface area contributed by atoms with E-state index in [1.165, 1.54) is 6.92 Å². The van der Waals surface area contributed by atoms with E-state index in [2.05, 4.69) is 6.58 Å². The lowest BCUT2D eigenvalue weighted by molar-refractivity contribution is -0.302. The van der Waals surface area contributed by atoms with E-state index in [-0.39, 0.29) is 12.8 Å². The molecule has 1 aliphatic rings. The quantitative estimate of drug-likeness (QED) is 0.590. The van der Waals surface area contributed by atoms with Gasteiger partial charge in [0.25, 0.3) is 0 Å². The van der Waals surface area contributed by atoms with Gasteiger partial charge in [0.2, 0.25) is 0 Å². The van der Waals surface area contributed by atoms with Crippen LogP contribution in [-0.2, 0) is 0 Å². The standard InChI is InChI=1S/C10H11F5/c1-6-3-7(2)5-8(4-6)9(11,12)10(13,14)15/h3,8H,1,4-5H2,2H3. The van der Waals surface area contributed by atoms with Gasteiger partial charge in [-0.05, 0) is 19.8 Å². The van der Waals surface area contributed by atoms with E-state index in [1.807, 2.05) is 0 Å². The molecule has 0 bridgehead atoms. The molecule has 0 aromatic heterocycles. The molecule has 86 valence electrons. The molecule has 0 amide bonds. The summed E-state index contributed by atoms with van der Waals surface area (Å²) >= 11 is 0. The van der Waals surface area contributed by atoms with Crippen LogP contribution in [0.1, 0.15) is 19.8 Å². The molecular formula is C10H11F5. The summed E-state index contributed by atoms with van der Waals surface area (Å²) in [4.78, 5) is 0. The summed E-state index contributed by atoms with van der Waals surface area (Å²) in [5.41, 5.74) is 0.841. The molecule has 0 N–H and O–H groups in total. The zero-order chi connectivity index (χ0) is 11.9. The second-order valence-corrected chi connectivity index (χ2v) is 3.87. The third-order valence-electron chi connectivity index (χ3n) is 2.42. The SMILES string of the molecule is C=C1C=C(C)CC(C(F)(F)C(F)(F)F)C1. The fraction of sp³-hybridized carbons (Fsp3) is 0.600. The molecule has 1 rings (SSSR count). The lowest BCUT2D eigenvalue weighted by atomic mass is 9.82. The summed E-state index contributed by atoms with van der Waals surface area (Å²) in [5, 5.41) is 0. The van der Waals surface area contributed by atoms with Gasteiger partial charge in [0.05, 0.1) is 0 Å². The van der Waals surface area contributed by atoms with Crippen molar-refractivity contribution in [2.24, 2.45) is 5.92 Å². The van der Waals surface area contributed by atoms with Crippen molar-refractivity contribution < 1.29 is 22.0 Å². The third kappa shape index (κ3) is 2.38. The molecule has 0 saturated heterocycles. The second-order valence-electron chi connectivity index (χ2n) is 3.87. The molecule has 0 radical (unpaired) electrons. The fourth-order valence-corrected chi connectivity index (χ4v) is 1.73. The predicted molar refractivity (Wildman–Crippen MR) is 46.6 cm³/mol. The van der Waals surface area contributed by atoms with Crippen LogP contribution in [-0.4, -0.2) is 12.1 Å². The summed E-state index contributed by atoms with van der Waals surface area (Å²) in [6.45, 7) is 4.96. The highest BCUT2D eigenvalue weighted by molar-refractivity contribution is 5.25. The van der Waals surface area contributed by atoms with Crippen LogP contribution in [0.2, 0.25) is 0 Å². The monoisotopic (exact) mass is 226 g/mol. The Bertz CT molecular complexity index is 297. The van der Waals surface area contributed by atoms with E-state index in [0.717, 1.165) is 0 Å². The first-order valence-electron chi connectivity index (χ1n) is 4.44. The van der Waals surface area contributed by atoms with Gasteiger partial charge in [-0.3, -0.25) is 0 Å². The minimum Gasteiger partial charge on any atom is -0.196 e. The molecule has 15 heavy (non-hydrogen) atoms. The van der Waals surface area contributed by atoms with E-state index in [1.54, 1.807) is 6.08 Å². The largest absolute Gasteiger partial charge is 0.453 e. The first-order chi connectivity index (χ1) is 6.64. The van der Waals surface area contributed by atoms with Crippen molar-refractivity contribution in [3.63, 3.8) is 0 Å². The maximum atomic E-state index is 13.0. The molecule has 1 aliphatic carbocycles. The smallest absolute Gasteiger partial charge is 0.196 e. The number of rotatable bonds is 1. The Morgan fingerprint density at radius 3 is 2.13 bits per heavy atom. The van der Waals surface area contributed by atoms with Crippen molar-refractivity contribution in [2.75, 3.05) is 0 Å². The van der Waals surface area contributed by atoms with Crippen molar-refractivity contribution in [3.8, 4) is 0 Å². The maximum Gasteiger partial charge on any atom is 0.453 e. The normalized spacial score (nSPS) is 24.0. The lowest BCUT2D eigenvalue weighted by Gasteiger charge is -2.31. The fourth-order valence-electron chi connectivity index (χ4n) is 1.73. The van der Waals surface area contributed by atoms with E-state index in [0.29, 0.717) is 11.1 Å². The second kappa shape index (κ2) is 3.61. The molecule has 1 unspecified atom stereocenters. The van der Waals surface area contributed by atoms with Gasteiger partial charge >= 0.3 is 12.1 Å². The zero-order valence-electron chi connectivity index (χ0n) is 8.17. The Kier molecular flexibility index (Phi) is 2.94. The minimum atomic E-state index is -5.48. The maximum absolute atomic E-state index is 13.0. The van der Waals surface area contributed by atoms with Crippen LogP contribution in [0, 0.1) is 5.92 Å². The van der Waals surface area contributed by atoms with Crippen LogP contribution in [0.4, 0.5) is 22.0 Å². The molecule has 1 atom stereocenters. The topological polar surface area (TPSA) is 0 Å². The summed E-state index contributed by atoms with van der Waals surface area (Å²) in [5.74, 6) is -6.35. The molecule has 0 aliphatic heterocycles. The molecule has 0 spiro atoms. The van der Waals surface area contributed by atoms with Crippen LogP contribution in [0.3, 0.4) is 0 Å². The van der Waals surface area contributed by atoms with Crippen LogP contribution >= 0.6 is 0 Å². The number of allylic oxidation sites excluding steroid dienone is 3. The van der Waals surface area contributed by atoms with Gasteiger partial charge in [0.15, 0.2) is 0 Å². The Morgan fingerprint density at radius 1 is 1.20 bits per heavy atom. The summed E-state index contributed by atoms with van der Waals surface area (Å²) in [6, 6.07) is 0. The average Bonchev–Trinajstić information content (AvgIpc) is 1.99. The Hall–Kier alpha value is -0.870. The number of hydrogen-bond acceptors (Lipinski definition) is 0. The predicted octanol–water partition coefficient (Wildman–Crippen LogP) is 4.10. The lowest BCUT2D eigenvalue weighted by Crippen LogP contribution is -2.44. The zero-order valence-corrected chi connectivity index (χ0v) is 8.17. The van der Waals surface area contributed by atoms with Crippen LogP contribution in [0.5, 0.6) is 0 Å². The van der Waals surface area contributed by atoms with Crippen molar-refractivity contribution >= 4 is 0 Å². The molecule has 0 aromatic rings. The third-order valence-corrected chi connectivity index (χ3v) is 2.42. The van der Waals surface area contributed by atoms with Crippen LogP contribution in [0.15, 0.2) is 23.8 Å². The van der Waals surface area contributed by atoms with E-state index in [4.69, 9.17) is 0 Å². The van der Waals surface area contributed by atoms with Crippen LogP contribution < -0.4 is 0 Å². The summed E-state index contributed by atoms with van der Waals surface area (Å²) < 4.78 is 62.2. The average molecular weight is 226 g/mol. The van der Waals surface area contributed by atoms with E-state index >= 15 is 0 Å². The van der Waals surface area contributed by atoms with Gasteiger partial charge in [-0.2, -0.15) is 22.0 Å². The summed E-state index contributed by atoms with van der Waals surface area (Å²) in [7, 11) is 0. The van der Waals surface area contributed by atoms with Crippen molar-refractivity contribution in [1.29, 1.82) is 0 Å². The van der Waals surface area contributed by atoms with Gasteiger partial charge in [-0.15, -0.1) is 0 Å². The van der Waals surface area contributed by atoms with Crippen molar-refractivity contribution in [3.05, 3.63) is 23.8 Å². The molecule has 0 nitrogen and oxygen atoms in total. The first kappa shape index (κ1) is 12.2. The Balaban J connectivity index is 2.91. The highest BCUT2D eigenvalue weighted by Crippen LogP contribution is 2.47. The molecular weight excluding hydrogens is 215 g/mol.